The first-order valence-corrected chi connectivity index (χ1v) is 8.51. The van der Waals surface area contributed by atoms with E-state index in [0.717, 1.165) is 6.54 Å². The van der Waals surface area contributed by atoms with Crippen LogP contribution in [0.4, 0.5) is 0 Å². The van der Waals surface area contributed by atoms with Gasteiger partial charge in [0.05, 0.1) is 0 Å². The van der Waals surface area contributed by atoms with Gasteiger partial charge in [-0.1, -0.05) is 78.6 Å². The second kappa shape index (κ2) is 15.0. The smallest absolute Gasteiger partial charge is 0.0243 e. The van der Waals surface area contributed by atoms with E-state index in [9.17, 15) is 0 Å². The fraction of sp³-hybridized carbons (Fsp3) is 1.00. The number of rotatable bonds is 14. The largest absolute Gasteiger partial charge is 0.238 e. The predicted octanol–water partition coefficient (Wildman–Crippen LogP) is 5.70. The molecule has 0 bridgehead atoms. The van der Waals surface area contributed by atoms with Crippen LogP contribution >= 0.6 is 0 Å². The maximum absolute atomic E-state index is 4.83. The van der Waals surface area contributed by atoms with E-state index >= 15 is 0 Å². The molecule has 0 aliphatic carbocycles. The molecule has 0 heterocycles. The van der Waals surface area contributed by atoms with E-state index < -0.39 is 0 Å². The summed E-state index contributed by atoms with van der Waals surface area (Å²) in [4.78, 5) is 0. The Labute approximate surface area is 116 Å². The van der Waals surface area contributed by atoms with Gasteiger partial charge in [0, 0.05) is 12.6 Å². The molecule has 1 radical (unpaired) electrons. The average molecular weight is 254 g/mol. The molecule has 0 rings (SSSR count). The van der Waals surface area contributed by atoms with Gasteiger partial charge in [0.2, 0.25) is 0 Å². The summed E-state index contributed by atoms with van der Waals surface area (Å²) in [6, 6.07) is 0.648. The monoisotopic (exact) mass is 254 g/mol. The molecule has 1 heteroatoms. The van der Waals surface area contributed by atoms with Crippen LogP contribution in [0.5, 0.6) is 0 Å². The topological polar surface area (TPSA) is 14.1 Å². The van der Waals surface area contributed by atoms with Gasteiger partial charge in [-0.25, -0.2) is 5.32 Å². The Morgan fingerprint density at radius 1 is 0.667 bits per heavy atom. The number of hydrogen-bond donors (Lipinski definition) is 0. The minimum Gasteiger partial charge on any atom is -0.238 e. The quantitative estimate of drug-likeness (QED) is 0.353. The highest BCUT2D eigenvalue weighted by atomic mass is 14.9. The number of nitrogens with zero attached hydrogens (tertiary/aromatic N) is 1. The highest BCUT2D eigenvalue weighted by Gasteiger charge is 2.05. The SMILES string of the molecule is CCCCCCCCCC[N]C(CC)CCCC. The summed E-state index contributed by atoms with van der Waals surface area (Å²) < 4.78 is 0. The van der Waals surface area contributed by atoms with Gasteiger partial charge >= 0.3 is 0 Å². The van der Waals surface area contributed by atoms with Crippen molar-refractivity contribution >= 4 is 0 Å². The van der Waals surface area contributed by atoms with Crippen LogP contribution in [0, 0.1) is 0 Å². The zero-order chi connectivity index (χ0) is 13.5. The Morgan fingerprint density at radius 2 is 1.22 bits per heavy atom. The summed E-state index contributed by atoms with van der Waals surface area (Å²) in [5.74, 6) is 0. The first-order valence-electron chi connectivity index (χ1n) is 8.51. The van der Waals surface area contributed by atoms with Crippen molar-refractivity contribution in [1.82, 2.24) is 5.32 Å². The lowest BCUT2D eigenvalue weighted by Gasteiger charge is -2.14. The molecule has 18 heavy (non-hydrogen) atoms. The van der Waals surface area contributed by atoms with Crippen molar-refractivity contribution in [2.75, 3.05) is 6.54 Å². The molecule has 1 unspecified atom stereocenters. The molecule has 109 valence electrons. The lowest BCUT2D eigenvalue weighted by molar-refractivity contribution is 0.433. The molecule has 1 atom stereocenters. The van der Waals surface area contributed by atoms with Crippen LogP contribution in [-0.2, 0) is 0 Å². The normalized spacial score (nSPS) is 12.8. The highest BCUT2D eigenvalue weighted by Crippen LogP contribution is 2.09. The summed E-state index contributed by atoms with van der Waals surface area (Å²) >= 11 is 0. The van der Waals surface area contributed by atoms with Crippen LogP contribution in [0.25, 0.3) is 0 Å². The molecule has 0 amide bonds. The molecule has 0 aliphatic heterocycles. The van der Waals surface area contributed by atoms with E-state index in [0.29, 0.717) is 6.04 Å². The lowest BCUT2D eigenvalue weighted by atomic mass is 10.1. The molecule has 0 aromatic carbocycles. The van der Waals surface area contributed by atoms with Crippen LogP contribution in [0.1, 0.15) is 97.8 Å². The zero-order valence-electron chi connectivity index (χ0n) is 13.2. The average Bonchev–Trinajstić information content (AvgIpc) is 2.40. The third kappa shape index (κ3) is 12.4. The van der Waals surface area contributed by atoms with Gasteiger partial charge in [0.1, 0.15) is 0 Å². The Hall–Kier alpha value is -0.0400. The second-order valence-electron chi connectivity index (χ2n) is 5.59. The standard InChI is InChI=1S/C17H36N/c1-4-7-9-10-11-12-13-14-16-18-17(6-3)15-8-5-2/h17H,4-16H2,1-3H3. The third-order valence-corrected chi connectivity index (χ3v) is 3.76. The Bertz CT molecular complexity index is 145. The predicted molar refractivity (Wildman–Crippen MR) is 83.2 cm³/mol. The van der Waals surface area contributed by atoms with Crippen LogP contribution < -0.4 is 5.32 Å². The molecule has 0 aliphatic rings. The first-order chi connectivity index (χ1) is 8.85. The molecule has 0 aromatic rings. The van der Waals surface area contributed by atoms with Gasteiger partial charge in [-0.2, -0.15) is 0 Å². The van der Waals surface area contributed by atoms with Crippen molar-refractivity contribution in [3.8, 4) is 0 Å². The third-order valence-electron chi connectivity index (χ3n) is 3.76. The maximum Gasteiger partial charge on any atom is 0.0243 e. The van der Waals surface area contributed by atoms with Crippen LogP contribution in [0.2, 0.25) is 0 Å². The molecule has 0 fully saturated rings. The van der Waals surface area contributed by atoms with Gasteiger partial charge in [-0.15, -0.1) is 0 Å². The van der Waals surface area contributed by atoms with E-state index in [2.05, 4.69) is 20.8 Å². The first kappa shape index (κ1) is 18.0. The van der Waals surface area contributed by atoms with Crippen LogP contribution in [0.15, 0.2) is 0 Å². The van der Waals surface area contributed by atoms with Gasteiger partial charge in [-0.05, 0) is 19.3 Å². The number of hydrogen-bond acceptors (Lipinski definition) is 0. The Morgan fingerprint density at radius 3 is 1.78 bits per heavy atom. The zero-order valence-corrected chi connectivity index (χ0v) is 13.2. The highest BCUT2D eigenvalue weighted by molar-refractivity contribution is 4.64. The summed E-state index contributed by atoms with van der Waals surface area (Å²) in [6.45, 7) is 7.93. The Balaban J connectivity index is 3.17. The van der Waals surface area contributed by atoms with E-state index in [-0.39, 0.29) is 0 Å². The second-order valence-corrected chi connectivity index (χ2v) is 5.59. The molecule has 0 saturated carbocycles. The van der Waals surface area contributed by atoms with Crippen molar-refractivity contribution in [1.29, 1.82) is 0 Å². The van der Waals surface area contributed by atoms with E-state index in [4.69, 9.17) is 5.32 Å². The Kier molecular flexibility index (Phi) is 15.0. The van der Waals surface area contributed by atoms with Crippen molar-refractivity contribution in [2.24, 2.45) is 0 Å². The fourth-order valence-electron chi connectivity index (χ4n) is 2.38. The van der Waals surface area contributed by atoms with E-state index in [1.165, 1.54) is 77.0 Å². The van der Waals surface area contributed by atoms with Gasteiger partial charge in [0.15, 0.2) is 0 Å². The number of unbranched alkanes of at least 4 members (excludes halogenated alkanes) is 8. The van der Waals surface area contributed by atoms with Crippen molar-refractivity contribution in [3.63, 3.8) is 0 Å². The van der Waals surface area contributed by atoms with E-state index in [1.54, 1.807) is 0 Å². The van der Waals surface area contributed by atoms with Crippen molar-refractivity contribution in [2.45, 2.75) is 104 Å². The maximum atomic E-state index is 4.83. The minimum atomic E-state index is 0.648. The van der Waals surface area contributed by atoms with E-state index in [1.807, 2.05) is 0 Å². The molecule has 0 saturated heterocycles. The van der Waals surface area contributed by atoms with Gasteiger partial charge in [0.25, 0.3) is 0 Å². The molecule has 0 N–H and O–H groups in total. The summed E-state index contributed by atoms with van der Waals surface area (Å²) in [5.41, 5.74) is 0. The fourth-order valence-corrected chi connectivity index (χ4v) is 2.38. The van der Waals surface area contributed by atoms with Crippen molar-refractivity contribution < 1.29 is 0 Å². The summed E-state index contributed by atoms with van der Waals surface area (Å²) in [6.07, 6.45) is 16.4. The molecular weight excluding hydrogens is 218 g/mol. The summed E-state index contributed by atoms with van der Waals surface area (Å²) in [7, 11) is 0. The molecule has 0 spiro atoms. The summed E-state index contributed by atoms with van der Waals surface area (Å²) in [5, 5.41) is 4.83. The minimum absolute atomic E-state index is 0.648. The lowest BCUT2D eigenvalue weighted by Crippen LogP contribution is -2.22. The van der Waals surface area contributed by atoms with Gasteiger partial charge < -0.3 is 0 Å². The molecule has 1 nitrogen and oxygen atoms in total. The van der Waals surface area contributed by atoms with Crippen molar-refractivity contribution in [3.05, 3.63) is 0 Å². The van der Waals surface area contributed by atoms with Crippen LogP contribution in [-0.4, -0.2) is 12.6 Å². The van der Waals surface area contributed by atoms with Gasteiger partial charge in [-0.3, -0.25) is 0 Å². The van der Waals surface area contributed by atoms with Crippen LogP contribution in [0.3, 0.4) is 0 Å². The molecule has 0 aromatic heterocycles. The molecular formula is C17H36N.